The number of methoxy groups -OCH3 is 1. The third-order valence-electron chi connectivity index (χ3n) is 4.79. The van der Waals surface area contributed by atoms with Crippen LogP contribution in [-0.2, 0) is 9.53 Å². The Hall–Kier alpha value is -0.610. The number of nitrogens with zero attached hydrogens (tertiary/aromatic N) is 1. The number of carbonyl (C=O) groups excluding carboxylic acids is 1. The van der Waals surface area contributed by atoms with Gasteiger partial charge in [-0.25, -0.2) is 0 Å². The fourth-order valence-electron chi connectivity index (χ4n) is 3.57. The minimum Gasteiger partial charge on any atom is -0.468 e. The van der Waals surface area contributed by atoms with Gasteiger partial charge in [0, 0.05) is 12.6 Å². The van der Waals surface area contributed by atoms with Gasteiger partial charge in [-0.15, -0.1) is 0 Å². The summed E-state index contributed by atoms with van der Waals surface area (Å²) in [6, 6.07) is 0.507. The van der Waals surface area contributed by atoms with Gasteiger partial charge in [-0.1, -0.05) is 19.8 Å². The third kappa shape index (κ3) is 3.48. The van der Waals surface area contributed by atoms with Gasteiger partial charge in [0.05, 0.1) is 7.11 Å². The molecule has 1 atom stereocenters. The summed E-state index contributed by atoms with van der Waals surface area (Å²) in [6.07, 6.45) is 7.85. The molecule has 1 heterocycles. The second-order valence-electron chi connectivity index (χ2n) is 5.99. The molecule has 0 amide bonds. The highest BCUT2D eigenvalue weighted by atomic mass is 16.5. The van der Waals surface area contributed by atoms with Crippen LogP contribution in [-0.4, -0.2) is 49.2 Å². The van der Waals surface area contributed by atoms with Crippen LogP contribution in [0.25, 0.3) is 0 Å². The number of nitrogens with one attached hydrogen (secondary N) is 1. The number of hydrogen-bond donors (Lipinski definition) is 1. The van der Waals surface area contributed by atoms with Gasteiger partial charge in [0.2, 0.25) is 0 Å². The molecule has 0 aromatic heterocycles. The number of likely N-dealkylation sites (tertiary alicyclic amines) is 1. The van der Waals surface area contributed by atoms with Crippen LogP contribution in [0.4, 0.5) is 0 Å². The maximum Gasteiger partial charge on any atom is 0.326 e. The van der Waals surface area contributed by atoms with E-state index in [9.17, 15) is 4.79 Å². The molecular weight excluding hydrogens is 240 g/mol. The van der Waals surface area contributed by atoms with E-state index in [2.05, 4.69) is 17.1 Å². The van der Waals surface area contributed by atoms with Crippen LogP contribution in [0.5, 0.6) is 0 Å². The van der Waals surface area contributed by atoms with Crippen molar-refractivity contribution in [2.75, 3.05) is 26.7 Å². The second-order valence-corrected chi connectivity index (χ2v) is 5.99. The molecule has 19 heavy (non-hydrogen) atoms. The number of ether oxygens (including phenoxy) is 1. The Morgan fingerprint density at radius 2 is 2.00 bits per heavy atom. The Kier molecular flexibility index (Phi) is 5.22. The van der Waals surface area contributed by atoms with Crippen LogP contribution < -0.4 is 5.32 Å². The lowest BCUT2D eigenvalue weighted by Gasteiger charge is -2.34. The molecule has 1 saturated heterocycles. The molecule has 1 saturated carbocycles. The van der Waals surface area contributed by atoms with Crippen molar-refractivity contribution >= 4 is 5.97 Å². The average Bonchev–Trinajstić information content (AvgIpc) is 2.84. The lowest BCUT2D eigenvalue weighted by Crippen LogP contribution is -2.56. The third-order valence-corrected chi connectivity index (χ3v) is 4.79. The van der Waals surface area contributed by atoms with Gasteiger partial charge >= 0.3 is 5.97 Å². The van der Waals surface area contributed by atoms with Crippen molar-refractivity contribution in [3.63, 3.8) is 0 Å². The maximum absolute atomic E-state index is 12.3. The van der Waals surface area contributed by atoms with Crippen molar-refractivity contribution in [1.82, 2.24) is 10.2 Å². The van der Waals surface area contributed by atoms with Gasteiger partial charge in [0.15, 0.2) is 0 Å². The molecule has 1 aliphatic carbocycles. The predicted octanol–water partition coefficient (Wildman–Crippen LogP) is 1.94. The zero-order valence-electron chi connectivity index (χ0n) is 12.4. The van der Waals surface area contributed by atoms with Crippen molar-refractivity contribution in [3.05, 3.63) is 0 Å². The molecular formula is C15H28N2O2. The van der Waals surface area contributed by atoms with Gasteiger partial charge in [-0.2, -0.15) is 0 Å². The van der Waals surface area contributed by atoms with Crippen molar-refractivity contribution in [2.45, 2.75) is 63.5 Å². The van der Waals surface area contributed by atoms with E-state index < -0.39 is 5.54 Å². The van der Waals surface area contributed by atoms with Crippen LogP contribution in [0.1, 0.15) is 51.9 Å². The fourth-order valence-corrected chi connectivity index (χ4v) is 3.57. The number of rotatable bonds is 4. The Bertz CT molecular complexity index is 303. The Morgan fingerprint density at radius 3 is 2.63 bits per heavy atom. The largest absolute Gasteiger partial charge is 0.468 e. The van der Waals surface area contributed by atoms with Gasteiger partial charge in [0.25, 0.3) is 0 Å². The van der Waals surface area contributed by atoms with Crippen LogP contribution in [0, 0.1) is 0 Å². The van der Waals surface area contributed by atoms with Gasteiger partial charge in [-0.3, -0.25) is 10.1 Å². The Labute approximate surface area is 116 Å². The number of hydrogen-bond acceptors (Lipinski definition) is 4. The van der Waals surface area contributed by atoms with Crippen molar-refractivity contribution in [2.24, 2.45) is 0 Å². The second kappa shape index (κ2) is 6.71. The summed E-state index contributed by atoms with van der Waals surface area (Å²) in [7, 11) is 1.52. The molecule has 2 fully saturated rings. The van der Waals surface area contributed by atoms with E-state index in [4.69, 9.17) is 4.74 Å². The van der Waals surface area contributed by atoms with E-state index in [0.29, 0.717) is 6.04 Å². The van der Waals surface area contributed by atoms with Gasteiger partial charge < -0.3 is 9.64 Å². The normalized spacial score (nSPS) is 30.2. The topological polar surface area (TPSA) is 41.6 Å². The van der Waals surface area contributed by atoms with E-state index in [1.165, 1.54) is 32.8 Å². The molecule has 1 aliphatic heterocycles. The molecule has 0 spiro atoms. The van der Waals surface area contributed by atoms with Crippen molar-refractivity contribution in [3.8, 4) is 0 Å². The molecule has 4 nitrogen and oxygen atoms in total. The smallest absolute Gasteiger partial charge is 0.326 e. The zero-order chi connectivity index (χ0) is 13.7. The molecule has 0 aromatic carbocycles. The molecule has 0 aromatic rings. The van der Waals surface area contributed by atoms with E-state index in [-0.39, 0.29) is 5.97 Å². The first-order valence-electron chi connectivity index (χ1n) is 7.78. The van der Waals surface area contributed by atoms with Crippen molar-refractivity contribution in [1.29, 1.82) is 0 Å². The Balaban J connectivity index is 2.07. The fraction of sp³-hybridized carbons (Fsp3) is 0.933. The first-order chi connectivity index (χ1) is 9.20. The first-order valence-corrected chi connectivity index (χ1v) is 7.78. The summed E-state index contributed by atoms with van der Waals surface area (Å²) < 4.78 is 5.11. The summed E-state index contributed by atoms with van der Waals surface area (Å²) in [4.78, 5) is 14.8. The first kappa shape index (κ1) is 14.8. The predicted molar refractivity (Wildman–Crippen MR) is 76.1 cm³/mol. The summed E-state index contributed by atoms with van der Waals surface area (Å²) in [6.45, 7) is 5.35. The quantitative estimate of drug-likeness (QED) is 0.791. The SMILES string of the molecule is CCN1CCCC(NC2CCCC2)(C(=O)OC)CC1. The standard InChI is InChI=1S/C15H28N2O2/c1-3-17-11-6-9-15(10-12-17,14(18)19-2)16-13-7-4-5-8-13/h13,16H,3-12H2,1-2H3. The molecule has 1 N–H and O–H groups in total. The van der Waals surface area contributed by atoms with E-state index >= 15 is 0 Å². The van der Waals surface area contributed by atoms with Crippen LogP contribution in [0.2, 0.25) is 0 Å². The lowest BCUT2D eigenvalue weighted by atomic mass is 9.89. The highest BCUT2D eigenvalue weighted by Crippen LogP contribution is 2.28. The highest BCUT2D eigenvalue weighted by molar-refractivity contribution is 5.80. The monoisotopic (exact) mass is 268 g/mol. The van der Waals surface area contributed by atoms with Crippen LogP contribution in [0.15, 0.2) is 0 Å². The van der Waals surface area contributed by atoms with E-state index in [1.807, 2.05) is 0 Å². The number of carbonyl (C=O) groups is 1. The van der Waals surface area contributed by atoms with Gasteiger partial charge in [-0.05, 0) is 45.2 Å². The zero-order valence-corrected chi connectivity index (χ0v) is 12.4. The highest BCUT2D eigenvalue weighted by Gasteiger charge is 2.42. The van der Waals surface area contributed by atoms with Crippen LogP contribution in [0.3, 0.4) is 0 Å². The maximum atomic E-state index is 12.3. The minimum absolute atomic E-state index is 0.0580. The average molecular weight is 268 g/mol. The summed E-state index contributed by atoms with van der Waals surface area (Å²) in [5.41, 5.74) is -0.437. The summed E-state index contributed by atoms with van der Waals surface area (Å²) in [5, 5.41) is 3.67. The molecule has 2 aliphatic rings. The summed E-state index contributed by atoms with van der Waals surface area (Å²) >= 11 is 0. The van der Waals surface area contributed by atoms with Crippen LogP contribution >= 0.6 is 0 Å². The molecule has 0 radical (unpaired) electrons. The molecule has 0 bridgehead atoms. The Morgan fingerprint density at radius 1 is 1.26 bits per heavy atom. The van der Waals surface area contributed by atoms with E-state index in [0.717, 1.165) is 38.9 Å². The molecule has 4 heteroatoms. The van der Waals surface area contributed by atoms with E-state index in [1.54, 1.807) is 0 Å². The molecule has 1 unspecified atom stereocenters. The molecule has 110 valence electrons. The summed E-state index contributed by atoms with van der Waals surface area (Å²) in [5.74, 6) is -0.0580. The molecule has 2 rings (SSSR count). The lowest BCUT2D eigenvalue weighted by molar-refractivity contribution is -0.149. The minimum atomic E-state index is -0.437. The van der Waals surface area contributed by atoms with Gasteiger partial charge in [0.1, 0.15) is 5.54 Å². The van der Waals surface area contributed by atoms with Crippen molar-refractivity contribution < 1.29 is 9.53 Å². The number of esters is 1.